The predicted octanol–water partition coefficient (Wildman–Crippen LogP) is 4.73. The maximum absolute atomic E-state index is 12.7. The lowest BCUT2D eigenvalue weighted by atomic mass is 10.2. The lowest BCUT2D eigenvalue weighted by Crippen LogP contribution is -2.24. The Morgan fingerprint density at radius 3 is 2.61 bits per heavy atom. The van der Waals surface area contributed by atoms with Crippen molar-refractivity contribution >= 4 is 28.5 Å². The number of hydrogen-bond donors (Lipinski definition) is 2. The van der Waals surface area contributed by atoms with E-state index in [4.69, 9.17) is 16.3 Å². The van der Waals surface area contributed by atoms with Crippen molar-refractivity contribution < 1.29 is 9.53 Å². The number of fused-ring (bicyclic) bond motifs is 1. The zero-order valence-corrected chi connectivity index (χ0v) is 15.7. The Kier molecular flexibility index (Phi) is 5.26. The lowest BCUT2D eigenvalue weighted by molar-refractivity contribution is 0.0945. The van der Waals surface area contributed by atoms with Gasteiger partial charge in [-0.05, 0) is 30.3 Å². The minimum absolute atomic E-state index is 0.227. The number of rotatable bonds is 6. The Balaban J connectivity index is 1.44. The minimum atomic E-state index is -0.227. The number of ether oxygens (including phenoxy) is 1. The van der Waals surface area contributed by atoms with Crippen LogP contribution in [-0.2, 0) is 13.2 Å². The summed E-state index contributed by atoms with van der Waals surface area (Å²) in [6, 6.07) is 22.4. The number of halogens is 1. The molecule has 0 fully saturated rings. The van der Waals surface area contributed by atoms with Gasteiger partial charge in [0, 0.05) is 10.6 Å². The molecule has 4 aromatic rings. The highest BCUT2D eigenvalue weighted by atomic mass is 35.5. The quantitative estimate of drug-likeness (QED) is 0.499. The second-order valence-electron chi connectivity index (χ2n) is 6.26. The molecule has 0 spiro atoms. The van der Waals surface area contributed by atoms with E-state index in [1.54, 1.807) is 18.2 Å². The maximum atomic E-state index is 12.7. The Bertz CT molecular complexity index is 1090. The van der Waals surface area contributed by atoms with Gasteiger partial charge in [-0.3, -0.25) is 4.79 Å². The molecule has 0 saturated heterocycles. The highest BCUT2D eigenvalue weighted by Gasteiger charge is 2.13. The summed E-state index contributed by atoms with van der Waals surface area (Å²) in [6.07, 6.45) is 0. The highest BCUT2D eigenvalue weighted by Crippen LogP contribution is 2.22. The molecule has 140 valence electrons. The molecule has 0 radical (unpaired) electrons. The molecule has 5 nitrogen and oxygen atoms in total. The summed E-state index contributed by atoms with van der Waals surface area (Å²) in [5.41, 5.74) is 3.14. The molecule has 1 heterocycles. The third-order valence-corrected chi connectivity index (χ3v) is 4.70. The lowest BCUT2D eigenvalue weighted by Gasteiger charge is -2.12. The molecule has 3 aromatic carbocycles. The van der Waals surface area contributed by atoms with Crippen molar-refractivity contribution in [2.75, 3.05) is 0 Å². The van der Waals surface area contributed by atoms with Crippen molar-refractivity contribution in [2.24, 2.45) is 0 Å². The van der Waals surface area contributed by atoms with Gasteiger partial charge in [-0.2, -0.15) is 0 Å². The molecule has 6 heteroatoms. The Morgan fingerprint density at radius 1 is 1.00 bits per heavy atom. The molecule has 0 saturated carbocycles. The molecule has 0 unspecified atom stereocenters. The first kappa shape index (κ1) is 18.1. The average molecular weight is 392 g/mol. The number of amides is 1. The first-order chi connectivity index (χ1) is 13.7. The molecule has 28 heavy (non-hydrogen) atoms. The van der Waals surface area contributed by atoms with Crippen molar-refractivity contribution in [3.63, 3.8) is 0 Å². The van der Waals surface area contributed by atoms with Crippen LogP contribution in [0, 0.1) is 0 Å². The van der Waals surface area contributed by atoms with E-state index in [-0.39, 0.29) is 12.5 Å². The van der Waals surface area contributed by atoms with Gasteiger partial charge in [-0.1, -0.05) is 54.1 Å². The SMILES string of the molecule is O=C(NCc1nc2ccccc2[nH]1)c1ccccc1OCc1ccccc1Cl. The number of carbonyl (C=O) groups is 1. The van der Waals surface area contributed by atoms with Gasteiger partial charge in [0.15, 0.2) is 0 Å². The fourth-order valence-corrected chi connectivity index (χ4v) is 3.09. The highest BCUT2D eigenvalue weighted by molar-refractivity contribution is 6.31. The fraction of sp³-hybridized carbons (Fsp3) is 0.0909. The molecule has 0 bridgehead atoms. The van der Waals surface area contributed by atoms with Crippen LogP contribution in [0.15, 0.2) is 72.8 Å². The van der Waals surface area contributed by atoms with Crippen molar-refractivity contribution in [1.29, 1.82) is 0 Å². The van der Waals surface area contributed by atoms with Gasteiger partial charge in [-0.25, -0.2) is 4.98 Å². The zero-order chi connectivity index (χ0) is 19.3. The summed E-state index contributed by atoms with van der Waals surface area (Å²) in [7, 11) is 0. The van der Waals surface area contributed by atoms with Crippen molar-refractivity contribution in [2.45, 2.75) is 13.2 Å². The van der Waals surface area contributed by atoms with Gasteiger partial charge >= 0.3 is 0 Å². The predicted molar refractivity (Wildman–Crippen MR) is 109 cm³/mol. The second-order valence-corrected chi connectivity index (χ2v) is 6.67. The molecule has 0 aliphatic carbocycles. The van der Waals surface area contributed by atoms with Gasteiger partial charge in [0.05, 0.1) is 23.1 Å². The van der Waals surface area contributed by atoms with Crippen LogP contribution in [0.3, 0.4) is 0 Å². The second kappa shape index (κ2) is 8.15. The minimum Gasteiger partial charge on any atom is -0.488 e. The topological polar surface area (TPSA) is 67.0 Å². The summed E-state index contributed by atoms with van der Waals surface area (Å²) in [4.78, 5) is 20.3. The summed E-state index contributed by atoms with van der Waals surface area (Å²) < 4.78 is 5.86. The average Bonchev–Trinajstić information content (AvgIpc) is 3.15. The van der Waals surface area contributed by atoms with E-state index in [9.17, 15) is 4.79 Å². The van der Waals surface area contributed by atoms with Crippen molar-refractivity contribution in [3.05, 3.63) is 94.8 Å². The number of nitrogens with one attached hydrogen (secondary N) is 2. The van der Waals surface area contributed by atoms with Crippen LogP contribution in [0.1, 0.15) is 21.7 Å². The van der Waals surface area contributed by atoms with E-state index in [1.807, 2.05) is 54.6 Å². The van der Waals surface area contributed by atoms with E-state index >= 15 is 0 Å². The van der Waals surface area contributed by atoms with E-state index in [2.05, 4.69) is 15.3 Å². The van der Waals surface area contributed by atoms with Crippen LogP contribution >= 0.6 is 11.6 Å². The molecule has 0 atom stereocenters. The van der Waals surface area contributed by atoms with Crippen LogP contribution in [-0.4, -0.2) is 15.9 Å². The van der Waals surface area contributed by atoms with Gasteiger partial charge in [-0.15, -0.1) is 0 Å². The maximum Gasteiger partial charge on any atom is 0.255 e. The van der Waals surface area contributed by atoms with Gasteiger partial charge in [0.2, 0.25) is 0 Å². The summed E-state index contributed by atoms with van der Waals surface area (Å²) >= 11 is 6.17. The number of carbonyl (C=O) groups excluding carboxylic acids is 1. The van der Waals surface area contributed by atoms with Crippen molar-refractivity contribution in [3.8, 4) is 5.75 Å². The zero-order valence-electron chi connectivity index (χ0n) is 15.0. The van der Waals surface area contributed by atoms with Crippen LogP contribution in [0.4, 0.5) is 0 Å². The van der Waals surface area contributed by atoms with Crippen LogP contribution in [0.5, 0.6) is 5.75 Å². The Labute approximate surface area is 167 Å². The molecule has 0 aliphatic rings. The summed E-state index contributed by atoms with van der Waals surface area (Å²) in [5, 5.41) is 3.52. The molecule has 4 rings (SSSR count). The largest absolute Gasteiger partial charge is 0.488 e. The van der Waals surface area contributed by atoms with E-state index < -0.39 is 0 Å². The fourth-order valence-electron chi connectivity index (χ4n) is 2.90. The molecule has 0 aliphatic heterocycles. The smallest absolute Gasteiger partial charge is 0.255 e. The normalized spacial score (nSPS) is 10.8. The Hall–Kier alpha value is -3.31. The summed E-state index contributed by atoms with van der Waals surface area (Å²) in [5.74, 6) is 0.976. The van der Waals surface area contributed by atoms with Crippen LogP contribution in [0.25, 0.3) is 11.0 Å². The van der Waals surface area contributed by atoms with Crippen molar-refractivity contribution in [1.82, 2.24) is 15.3 Å². The van der Waals surface area contributed by atoms with Crippen LogP contribution < -0.4 is 10.1 Å². The number of nitrogens with zero attached hydrogens (tertiary/aromatic N) is 1. The van der Waals surface area contributed by atoms with Gasteiger partial charge in [0.1, 0.15) is 18.2 Å². The number of hydrogen-bond acceptors (Lipinski definition) is 3. The van der Waals surface area contributed by atoms with E-state index in [1.165, 1.54) is 0 Å². The van der Waals surface area contributed by atoms with E-state index in [0.717, 1.165) is 16.6 Å². The van der Waals surface area contributed by atoms with Crippen LogP contribution in [0.2, 0.25) is 5.02 Å². The number of H-pyrrole nitrogens is 1. The number of aromatic nitrogens is 2. The first-order valence-electron chi connectivity index (χ1n) is 8.88. The molecular weight excluding hydrogens is 374 g/mol. The Morgan fingerprint density at radius 2 is 1.75 bits per heavy atom. The number of aromatic amines is 1. The van der Waals surface area contributed by atoms with Gasteiger partial charge in [0.25, 0.3) is 5.91 Å². The van der Waals surface area contributed by atoms with Gasteiger partial charge < -0.3 is 15.0 Å². The van der Waals surface area contributed by atoms with E-state index in [0.29, 0.717) is 28.7 Å². The number of benzene rings is 3. The monoisotopic (exact) mass is 391 g/mol. The molecular formula is C22H18ClN3O2. The number of para-hydroxylation sites is 3. The summed E-state index contributed by atoms with van der Waals surface area (Å²) in [6.45, 7) is 0.583. The third-order valence-electron chi connectivity index (χ3n) is 4.33. The number of imidazole rings is 1. The standard InChI is InChI=1S/C22H18ClN3O2/c23-17-9-3-1-7-15(17)14-28-20-12-6-2-8-16(20)22(27)24-13-21-25-18-10-4-5-11-19(18)26-21/h1-12H,13-14H2,(H,24,27)(H,25,26). The molecule has 2 N–H and O–H groups in total. The first-order valence-corrected chi connectivity index (χ1v) is 9.25. The third kappa shape index (κ3) is 4.00. The molecule has 1 aromatic heterocycles. The molecule has 1 amide bonds.